The predicted octanol–water partition coefficient (Wildman–Crippen LogP) is 3.23. The summed E-state index contributed by atoms with van der Waals surface area (Å²) in [7, 11) is 0. The Labute approximate surface area is 124 Å². The van der Waals surface area contributed by atoms with Gasteiger partial charge in [0.2, 0.25) is 5.91 Å². The van der Waals surface area contributed by atoms with Crippen molar-refractivity contribution in [3.63, 3.8) is 0 Å². The van der Waals surface area contributed by atoms with Crippen molar-refractivity contribution in [2.75, 3.05) is 0 Å². The molecule has 3 atom stereocenters. The van der Waals surface area contributed by atoms with Crippen molar-refractivity contribution in [3.05, 3.63) is 0 Å². The molecule has 0 spiro atoms. The van der Waals surface area contributed by atoms with Gasteiger partial charge in [0.25, 0.3) is 0 Å². The molecule has 2 fully saturated rings. The number of amides is 1. The van der Waals surface area contributed by atoms with E-state index < -0.39 is 0 Å². The first-order chi connectivity index (χ1) is 9.54. The summed E-state index contributed by atoms with van der Waals surface area (Å²) in [6, 6.07) is 0.823. The minimum atomic E-state index is 0.270. The third-order valence-electron chi connectivity index (χ3n) is 5.45. The van der Waals surface area contributed by atoms with Gasteiger partial charge in [-0.2, -0.15) is 0 Å². The van der Waals surface area contributed by atoms with Crippen LogP contribution in [0.2, 0.25) is 0 Å². The van der Waals surface area contributed by atoms with E-state index in [2.05, 4.69) is 19.2 Å². The van der Waals surface area contributed by atoms with Gasteiger partial charge in [0.1, 0.15) is 0 Å². The van der Waals surface area contributed by atoms with Crippen LogP contribution in [-0.2, 0) is 4.79 Å². The van der Waals surface area contributed by atoms with Gasteiger partial charge in [-0.25, -0.2) is 0 Å². The molecule has 2 rings (SSSR count). The molecule has 2 aliphatic rings. The molecule has 3 unspecified atom stereocenters. The highest BCUT2D eigenvalue weighted by Gasteiger charge is 2.26. The zero-order chi connectivity index (χ0) is 14.5. The Morgan fingerprint density at radius 1 is 1.10 bits per heavy atom. The molecular weight excluding hydrogens is 248 g/mol. The molecule has 3 heteroatoms. The second-order valence-corrected chi connectivity index (χ2v) is 7.39. The zero-order valence-corrected chi connectivity index (χ0v) is 13.2. The zero-order valence-electron chi connectivity index (χ0n) is 13.2. The maximum atomic E-state index is 12.1. The van der Waals surface area contributed by atoms with Gasteiger partial charge in [0, 0.05) is 18.5 Å². The van der Waals surface area contributed by atoms with E-state index in [1.54, 1.807) is 0 Å². The molecule has 3 N–H and O–H groups in total. The fourth-order valence-electron chi connectivity index (χ4n) is 3.97. The fraction of sp³-hybridized carbons (Fsp3) is 0.941. The van der Waals surface area contributed by atoms with E-state index in [0.717, 1.165) is 37.5 Å². The number of nitrogens with one attached hydrogen (secondary N) is 1. The molecule has 0 aromatic heterocycles. The van der Waals surface area contributed by atoms with Crippen LogP contribution in [0.1, 0.15) is 71.6 Å². The van der Waals surface area contributed by atoms with Crippen LogP contribution in [0.25, 0.3) is 0 Å². The lowest BCUT2D eigenvalue weighted by Crippen LogP contribution is -2.42. The SMILES string of the molecule is CC1CCC(NC(=O)CCC2CCC(N)CC2)C(C)C1. The van der Waals surface area contributed by atoms with Crippen LogP contribution in [0.3, 0.4) is 0 Å². The molecule has 0 aromatic carbocycles. The van der Waals surface area contributed by atoms with Gasteiger partial charge in [-0.3, -0.25) is 4.79 Å². The van der Waals surface area contributed by atoms with Crippen molar-refractivity contribution in [1.29, 1.82) is 0 Å². The summed E-state index contributed by atoms with van der Waals surface area (Å²) in [5, 5.41) is 3.27. The van der Waals surface area contributed by atoms with Crippen molar-refractivity contribution < 1.29 is 4.79 Å². The standard InChI is InChI=1S/C17H32N2O/c1-12-3-9-16(13(2)11-12)19-17(20)10-6-14-4-7-15(18)8-5-14/h12-16H,3-11,18H2,1-2H3,(H,19,20). The van der Waals surface area contributed by atoms with Gasteiger partial charge in [0.15, 0.2) is 0 Å². The Kier molecular flexibility index (Phi) is 5.88. The highest BCUT2D eigenvalue weighted by molar-refractivity contribution is 5.76. The first kappa shape index (κ1) is 15.8. The number of carbonyl (C=O) groups excluding carboxylic acids is 1. The first-order valence-corrected chi connectivity index (χ1v) is 8.59. The molecule has 20 heavy (non-hydrogen) atoms. The van der Waals surface area contributed by atoms with Gasteiger partial charge in [-0.05, 0) is 69.1 Å². The molecule has 116 valence electrons. The quantitative estimate of drug-likeness (QED) is 0.830. The van der Waals surface area contributed by atoms with E-state index >= 15 is 0 Å². The topological polar surface area (TPSA) is 55.1 Å². The molecular formula is C17H32N2O. The van der Waals surface area contributed by atoms with Crippen LogP contribution >= 0.6 is 0 Å². The first-order valence-electron chi connectivity index (χ1n) is 8.59. The predicted molar refractivity (Wildman–Crippen MR) is 83.3 cm³/mol. The highest BCUT2D eigenvalue weighted by Crippen LogP contribution is 2.29. The van der Waals surface area contributed by atoms with Crippen LogP contribution in [-0.4, -0.2) is 18.0 Å². The largest absolute Gasteiger partial charge is 0.353 e. The summed E-state index contributed by atoms with van der Waals surface area (Å²) in [5.41, 5.74) is 5.92. The van der Waals surface area contributed by atoms with E-state index in [-0.39, 0.29) is 5.91 Å². The van der Waals surface area contributed by atoms with E-state index in [1.807, 2.05) is 0 Å². The Bertz CT molecular complexity index is 310. The summed E-state index contributed by atoms with van der Waals surface area (Å²) in [6.45, 7) is 4.60. The molecule has 1 amide bonds. The van der Waals surface area contributed by atoms with Crippen LogP contribution in [0.15, 0.2) is 0 Å². The molecule has 0 aliphatic heterocycles. The highest BCUT2D eigenvalue weighted by atomic mass is 16.1. The summed E-state index contributed by atoms with van der Waals surface area (Å²) in [6.07, 6.45) is 10.1. The van der Waals surface area contributed by atoms with E-state index in [0.29, 0.717) is 24.4 Å². The van der Waals surface area contributed by atoms with Crippen LogP contribution < -0.4 is 11.1 Å². The Hall–Kier alpha value is -0.570. The lowest BCUT2D eigenvalue weighted by Gasteiger charge is -2.33. The molecule has 0 aromatic rings. The second-order valence-electron chi connectivity index (χ2n) is 7.39. The lowest BCUT2D eigenvalue weighted by molar-refractivity contribution is -0.122. The minimum absolute atomic E-state index is 0.270. The van der Waals surface area contributed by atoms with Gasteiger partial charge >= 0.3 is 0 Å². The van der Waals surface area contributed by atoms with Crippen LogP contribution in [0.4, 0.5) is 0 Å². The average molecular weight is 280 g/mol. The monoisotopic (exact) mass is 280 g/mol. The van der Waals surface area contributed by atoms with E-state index in [1.165, 1.54) is 25.7 Å². The van der Waals surface area contributed by atoms with Crippen molar-refractivity contribution >= 4 is 5.91 Å². The van der Waals surface area contributed by atoms with Gasteiger partial charge in [0.05, 0.1) is 0 Å². The molecule has 0 radical (unpaired) electrons. The molecule has 2 saturated carbocycles. The molecule has 0 bridgehead atoms. The lowest BCUT2D eigenvalue weighted by atomic mass is 9.79. The number of rotatable bonds is 4. The minimum Gasteiger partial charge on any atom is -0.353 e. The molecule has 0 heterocycles. The summed E-state index contributed by atoms with van der Waals surface area (Å²) < 4.78 is 0. The number of carbonyl (C=O) groups is 1. The van der Waals surface area contributed by atoms with Crippen molar-refractivity contribution in [3.8, 4) is 0 Å². The third kappa shape index (κ3) is 4.76. The van der Waals surface area contributed by atoms with E-state index in [9.17, 15) is 4.79 Å². The number of hydrogen-bond donors (Lipinski definition) is 2. The smallest absolute Gasteiger partial charge is 0.220 e. The van der Waals surface area contributed by atoms with E-state index in [4.69, 9.17) is 5.73 Å². The summed E-state index contributed by atoms with van der Waals surface area (Å²) in [5.74, 6) is 2.45. The summed E-state index contributed by atoms with van der Waals surface area (Å²) in [4.78, 5) is 12.1. The summed E-state index contributed by atoms with van der Waals surface area (Å²) >= 11 is 0. The van der Waals surface area contributed by atoms with Crippen molar-refractivity contribution in [2.45, 2.75) is 83.7 Å². The van der Waals surface area contributed by atoms with Gasteiger partial charge < -0.3 is 11.1 Å². The molecule has 3 nitrogen and oxygen atoms in total. The van der Waals surface area contributed by atoms with Crippen molar-refractivity contribution in [1.82, 2.24) is 5.32 Å². The normalized spacial score (nSPS) is 38.5. The third-order valence-corrected chi connectivity index (χ3v) is 5.45. The van der Waals surface area contributed by atoms with Crippen molar-refractivity contribution in [2.24, 2.45) is 23.5 Å². The Morgan fingerprint density at radius 3 is 2.45 bits per heavy atom. The second kappa shape index (κ2) is 7.44. The Morgan fingerprint density at radius 2 is 1.80 bits per heavy atom. The van der Waals surface area contributed by atoms with Crippen LogP contribution in [0.5, 0.6) is 0 Å². The maximum Gasteiger partial charge on any atom is 0.220 e. The molecule has 0 saturated heterocycles. The Balaban J connectivity index is 1.65. The van der Waals surface area contributed by atoms with Gasteiger partial charge in [-0.1, -0.05) is 13.8 Å². The molecule has 2 aliphatic carbocycles. The van der Waals surface area contributed by atoms with Crippen LogP contribution in [0, 0.1) is 17.8 Å². The number of nitrogens with two attached hydrogens (primary N) is 1. The maximum absolute atomic E-state index is 12.1. The number of hydrogen-bond acceptors (Lipinski definition) is 2. The average Bonchev–Trinajstić information content (AvgIpc) is 2.41. The fourth-order valence-corrected chi connectivity index (χ4v) is 3.97. The van der Waals surface area contributed by atoms with Gasteiger partial charge in [-0.15, -0.1) is 0 Å².